The minimum atomic E-state index is -0.242. The lowest BCUT2D eigenvalue weighted by atomic mass is 10.1. The van der Waals surface area contributed by atoms with Gasteiger partial charge in [-0.1, -0.05) is 41.7 Å². The average molecular weight is 447 g/mol. The van der Waals surface area contributed by atoms with Gasteiger partial charge in [0, 0.05) is 42.7 Å². The van der Waals surface area contributed by atoms with Gasteiger partial charge < -0.3 is 19.7 Å². The first-order valence-electron chi connectivity index (χ1n) is 11.1. The van der Waals surface area contributed by atoms with Crippen LogP contribution >= 0.6 is 11.6 Å². The van der Waals surface area contributed by atoms with Crippen molar-refractivity contribution in [3.63, 3.8) is 0 Å². The summed E-state index contributed by atoms with van der Waals surface area (Å²) in [5, 5.41) is 4.48. The molecule has 170 valence electrons. The summed E-state index contributed by atoms with van der Waals surface area (Å²) in [6.07, 6.45) is 13.8. The zero-order valence-electron chi connectivity index (χ0n) is 19.0. The molecule has 31 heavy (non-hydrogen) atoms. The maximum absolute atomic E-state index is 12.0. The van der Waals surface area contributed by atoms with Gasteiger partial charge in [0.05, 0.1) is 13.2 Å². The molecule has 2 aliphatic rings. The summed E-state index contributed by atoms with van der Waals surface area (Å²) in [5.74, 6) is 6.26. The summed E-state index contributed by atoms with van der Waals surface area (Å²) in [6, 6.07) is 0.304. The second-order valence-electron chi connectivity index (χ2n) is 7.69. The molecular weight excluding hydrogens is 412 g/mol. The number of nitrogens with zero attached hydrogens (tertiary/aromatic N) is 1. The van der Waals surface area contributed by atoms with E-state index in [9.17, 15) is 4.79 Å². The highest BCUT2D eigenvalue weighted by Crippen LogP contribution is 2.16. The number of amides is 1. The number of nitrogens with one attached hydrogen (secondary N) is 1. The van der Waals surface area contributed by atoms with E-state index in [1.165, 1.54) is 0 Å². The molecule has 6 heteroatoms. The van der Waals surface area contributed by atoms with Gasteiger partial charge in [-0.05, 0) is 57.8 Å². The SMILES string of the molecule is C/C=C\C(NC1CCCN(C(=O)OCC)CC1)=C(/C)COC1C#CC/C=C(/Cl)C/C=C\1. The van der Waals surface area contributed by atoms with Crippen molar-refractivity contribution in [1.82, 2.24) is 10.2 Å². The number of rotatable bonds is 7. The summed E-state index contributed by atoms with van der Waals surface area (Å²) in [6.45, 7) is 8.27. The largest absolute Gasteiger partial charge is 0.450 e. The lowest BCUT2D eigenvalue weighted by molar-refractivity contribution is 0.108. The Hall–Kier alpha value is -2.16. The number of carbonyl (C=O) groups is 1. The number of allylic oxidation sites excluding steroid dienone is 5. The zero-order chi connectivity index (χ0) is 22.5. The van der Waals surface area contributed by atoms with E-state index in [1.54, 1.807) is 0 Å². The average Bonchev–Trinajstić information content (AvgIpc) is 2.93. The minimum Gasteiger partial charge on any atom is -0.450 e. The van der Waals surface area contributed by atoms with Gasteiger partial charge in [-0.3, -0.25) is 0 Å². The molecule has 0 aromatic carbocycles. The second-order valence-corrected chi connectivity index (χ2v) is 8.18. The van der Waals surface area contributed by atoms with Crippen LogP contribution in [0.2, 0.25) is 0 Å². The quantitative estimate of drug-likeness (QED) is 0.327. The molecule has 0 spiro atoms. The smallest absolute Gasteiger partial charge is 0.409 e. The fraction of sp³-hybridized carbons (Fsp3) is 0.560. The van der Waals surface area contributed by atoms with Crippen LogP contribution < -0.4 is 5.32 Å². The van der Waals surface area contributed by atoms with Gasteiger partial charge in [-0.15, -0.1) is 0 Å². The fourth-order valence-corrected chi connectivity index (χ4v) is 3.65. The predicted octanol–water partition coefficient (Wildman–Crippen LogP) is 5.30. The standard InChI is InChI=1S/C25H35ClN2O3/c1-4-10-24(27-22-13-9-17-28(18-16-22)25(29)30-5-2)20(3)19-31-23-14-7-6-11-21(26)12-8-15-23/h4,8,10-11,15,22-23,27H,5-6,9,12-13,16-19H2,1-3H3/b10-4-,15-8-,21-11+,24-20-. The number of hydrogen-bond donors (Lipinski definition) is 1. The van der Waals surface area contributed by atoms with E-state index in [0.29, 0.717) is 38.6 Å². The van der Waals surface area contributed by atoms with Crippen molar-refractivity contribution in [3.05, 3.63) is 46.7 Å². The molecule has 1 aliphatic heterocycles. The van der Waals surface area contributed by atoms with Crippen LogP contribution in [0.4, 0.5) is 4.79 Å². The van der Waals surface area contributed by atoms with Crippen LogP contribution in [0.1, 0.15) is 52.9 Å². The number of ether oxygens (including phenoxy) is 2. The molecule has 1 saturated heterocycles. The molecule has 1 heterocycles. The van der Waals surface area contributed by atoms with Crippen molar-refractivity contribution in [3.8, 4) is 11.8 Å². The van der Waals surface area contributed by atoms with Gasteiger partial charge >= 0.3 is 6.09 Å². The van der Waals surface area contributed by atoms with Crippen LogP contribution in [-0.4, -0.2) is 49.4 Å². The van der Waals surface area contributed by atoms with E-state index in [2.05, 4.69) is 30.2 Å². The van der Waals surface area contributed by atoms with Crippen LogP contribution in [0.5, 0.6) is 0 Å². The number of hydrogen-bond acceptors (Lipinski definition) is 4. The van der Waals surface area contributed by atoms with Gasteiger partial charge in [-0.2, -0.15) is 0 Å². The first-order chi connectivity index (χ1) is 15.0. The molecule has 2 atom stereocenters. The molecule has 0 saturated carbocycles. The van der Waals surface area contributed by atoms with E-state index < -0.39 is 0 Å². The first-order valence-corrected chi connectivity index (χ1v) is 11.5. The van der Waals surface area contributed by atoms with E-state index in [4.69, 9.17) is 21.1 Å². The summed E-state index contributed by atoms with van der Waals surface area (Å²) in [4.78, 5) is 13.8. The van der Waals surface area contributed by atoms with E-state index in [1.807, 2.05) is 43.1 Å². The van der Waals surface area contributed by atoms with Crippen LogP contribution in [-0.2, 0) is 9.47 Å². The third kappa shape index (κ3) is 9.25. The third-order valence-corrected chi connectivity index (χ3v) is 5.49. The molecule has 2 rings (SSSR count). The van der Waals surface area contributed by atoms with E-state index >= 15 is 0 Å². The lowest BCUT2D eigenvalue weighted by Crippen LogP contribution is -2.34. The predicted molar refractivity (Wildman–Crippen MR) is 127 cm³/mol. The van der Waals surface area contributed by atoms with E-state index in [-0.39, 0.29) is 12.2 Å². The van der Waals surface area contributed by atoms with Gasteiger partial charge in [-0.25, -0.2) is 4.79 Å². The Bertz CT molecular complexity index is 773. The maximum Gasteiger partial charge on any atom is 0.409 e. The van der Waals surface area contributed by atoms with Crippen LogP contribution in [0.25, 0.3) is 0 Å². The summed E-state index contributed by atoms with van der Waals surface area (Å²) < 4.78 is 11.2. The van der Waals surface area contributed by atoms with Crippen LogP contribution in [0.15, 0.2) is 46.7 Å². The molecule has 1 aliphatic carbocycles. The topological polar surface area (TPSA) is 50.8 Å². The van der Waals surface area contributed by atoms with Crippen molar-refractivity contribution in [2.75, 3.05) is 26.3 Å². The van der Waals surface area contributed by atoms with Crippen LogP contribution in [0, 0.1) is 11.8 Å². The highest BCUT2D eigenvalue weighted by Gasteiger charge is 2.21. The molecule has 0 aromatic rings. The number of carbonyl (C=O) groups excluding carboxylic acids is 1. The Labute approximate surface area is 192 Å². The van der Waals surface area contributed by atoms with Crippen molar-refractivity contribution in [2.45, 2.75) is 65.0 Å². The van der Waals surface area contributed by atoms with Gasteiger partial charge in [0.1, 0.15) is 6.10 Å². The minimum absolute atomic E-state index is 0.211. The molecule has 1 N–H and O–H groups in total. The number of halogens is 1. The molecular formula is C25H35ClN2O3. The molecule has 0 bridgehead atoms. The molecule has 0 aromatic heterocycles. The van der Waals surface area contributed by atoms with Gasteiger partial charge in [0.25, 0.3) is 0 Å². The van der Waals surface area contributed by atoms with Crippen molar-refractivity contribution >= 4 is 17.7 Å². The summed E-state index contributed by atoms with van der Waals surface area (Å²) in [5.41, 5.74) is 2.19. The Morgan fingerprint density at radius 3 is 3.00 bits per heavy atom. The Kier molecular flexibility index (Phi) is 11.3. The molecule has 0 radical (unpaired) electrons. The summed E-state index contributed by atoms with van der Waals surface area (Å²) >= 11 is 6.11. The van der Waals surface area contributed by atoms with Crippen LogP contribution in [0.3, 0.4) is 0 Å². The Morgan fingerprint density at radius 2 is 2.23 bits per heavy atom. The van der Waals surface area contributed by atoms with Crippen molar-refractivity contribution in [1.29, 1.82) is 0 Å². The lowest BCUT2D eigenvalue weighted by Gasteiger charge is -2.22. The van der Waals surface area contributed by atoms with Gasteiger partial charge in [0.15, 0.2) is 0 Å². The Morgan fingerprint density at radius 1 is 1.39 bits per heavy atom. The molecule has 2 unspecified atom stereocenters. The monoisotopic (exact) mass is 446 g/mol. The highest BCUT2D eigenvalue weighted by atomic mass is 35.5. The maximum atomic E-state index is 12.0. The highest BCUT2D eigenvalue weighted by molar-refractivity contribution is 6.29. The normalized spacial score (nSPS) is 25.5. The third-order valence-electron chi connectivity index (χ3n) is 5.18. The molecule has 1 amide bonds. The second kappa shape index (κ2) is 14.0. The Balaban J connectivity index is 1.96. The summed E-state index contributed by atoms with van der Waals surface area (Å²) in [7, 11) is 0. The zero-order valence-corrected chi connectivity index (χ0v) is 19.7. The number of likely N-dealkylation sites (tertiary alicyclic amines) is 1. The van der Waals surface area contributed by atoms with Gasteiger partial charge in [0.2, 0.25) is 0 Å². The van der Waals surface area contributed by atoms with Crippen molar-refractivity contribution < 1.29 is 14.3 Å². The fourth-order valence-electron chi connectivity index (χ4n) is 3.48. The first kappa shape index (κ1) is 25.1. The molecule has 5 nitrogen and oxygen atoms in total. The van der Waals surface area contributed by atoms with Crippen molar-refractivity contribution in [2.24, 2.45) is 0 Å². The molecule has 1 fully saturated rings. The van der Waals surface area contributed by atoms with E-state index in [0.717, 1.165) is 42.1 Å².